The maximum absolute atomic E-state index is 10.6. The Bertz CT molecular complexity index is 345. The van der Waals surface area contributed by atoms with Gasteiger partial charge in [-0.3, -0.25) is 4.79 Å². The van der Waals surface area contributed by atoms with Crippen molar-refractivity contribution in [1.29, 1.82) is 0 Å². The van der Waals surface area contributed by atoms with E-state index in [4.69, 9.17) is 0 Å². The average Bonchev–Trinajstić information content (AvgIpc) is 2.45. The van der Waals surface area contributed by atoms with Gasteiger partial charge in [0.05, 0.1) is 0 Å². The molecule has 1 aromatic carbocycles. The van der Waals surface area contributed by atoms with Gasteiger partial charge in [0.25, 0.3) is 0 Å². The van der Waals surface area contributed by atoms with Crippen molar-refractivity contribution in [1.82, 2.24) is 4.90 Å². The summed E-state index contributed by atoms with van der Waals surface area (Å²) in [5.74, 6) is 0. The lowest BCUT2D eigenvalue weighted by atomic mass is 10.1. The van der Waals surface area contributed by atoms with Crippen LogP contribution < -0.4 is 0 Å². The van der Waals surface area contributed by atoms with Crippen molar-refractivity contribution in [2.75, 3.05) is 19.6 Å². The molecular formula is C17H27NO. The van der Waals surface area contributed by atoms with Gasteiger partial charge in [-0.1, -0.05) is 44.5 Å². The zero-order valence-corrected chi connectivity index (χ0v) is 12.4. The summed E-state index contributed by atoms with van der Waals surface area (Å²) in [4.78, 5) is 13.2. The molecule has 2 heteroatoms. The van der Waals surface area contributed by atoms with Gasteiger partial charge in [0, 0.05) is 5.56 Å². The number of benzene rings is 1. The first-order valence-electron chi connectivity index (χ1n) is 7.56. The third kappa shape index (κ3) is 6.53. The van der Waals surface area contributed by atoms with Crippen LogP contribution in [0.25, 0.3) is 0 Å². The monoisotopic (exact) mass is 261 g/mol. The van der Waals surface area contributed by atoms with E-state index in [0.717, 1.165) is 18.3 Å². The molecule has 0 bridgehead atoms. The highest BCUT2D eigenvalue weighted by molar-refractivity contribution is 5.74. The summed E-state index contributed by atoms with van der Waals surface area (Å²) >= 11 is 0. The lowest BCUT2D eigenvalue weighted by molar-refractivity contribution is 0.112. The molecule has 0 heterocycles. The Kier molecular flexibility index (Phi) is 8.15. The molecule has 0 aliphatic carbocycles. The minimum atomic E-state index is 0.763. The third-order valence-electron chi connectivity index (χ3n) is 3.42. The maximum atomic E-state index is 10.6. The van der Waals surface area contributed by atoms with Crippen LogP contribution >= 0.6 is 0 Å². The topological polar surface area (TPSA) is 20.3 Å². The zero-order chi connectivity index (χ0) is 13.9. The van der Waals surface area contributed by atoms with E-state index in [9.17, 15) is 4.79 Å². The van der Waals surface area contributed by atoms with Crippen molar-refractivity contribution < 1.29 is 4.79 Å². The first-order chi connectivity index (χ1) is 9.30. The fraction of sp³-hybridized carbons (Fsp3) is 0.588. The molecule has 0 amide bonds. The molecule has 0 fully saturated rings. The summed E-state index contributed by atoms with van der Waals surface area (Å²) in [7, 11) is 0. The molecule has 106 valence electrons. The van der Waals surface area contributed by atoms with Crippen LogP contribution in [-0.2, 0) is 6.42 Å². The normalized spacial score (nSPS) is 10.9. The summed E-state index contributed by atoms with van der Waals surface area (Å²) in [5, 5.41) is 0. The molecule has 1 rings (SSSR count). The molecule has 0 N–H and O–H groups in total. The molecule has 0 radical (unpaired) electrons. The summed E-state index contributed by atoms with van der Waals surface area (Å²) in [5.41, 5.74) is 2.09. The van der Waals surface area contributed by atoms with Gasteiger partial charge in [0.1, 0.15) is 6.29 Å². The highest BCUT2D eigenvalue weighted by Gasteiger charge is 2.03. The average molecular weight is 261 g/mol. The second-order valence-electron chi connectivity index (χ2n) is 5.16. The van der Waals surface area contributed by atoms with E-state index < -0.39 is 0 Å². The highest BCUT2D eigenvalue weighted by Crippen LogP contribution is 2.07. The Hall–Kier alpha value is -1.15. The Labute approximate surface area is 117 Å². The Morgan fingerprint density at radius 1 is 0.947 bits per heavy atom. The zero-order valence-electron chi connectivity index (χ0n) is 12.4. The molecule has 0 aromatic heterocycles. The quantitative estimate of drug-likeness (QED) is 0.594. The number of hydrogen-bond donors (Lipinski definition) is 0. The van der Waals surface area contributed by atoms with Gasteiger partial charge in [0.2, 0.25) is 0 Å². The van der Waals surface area contributed by atoms with E-state index in [1.54, 1.807) is 0 Å². The van der Waals surface area contributed by atoms with Crippen molar-refractivity contribution in [2.24, 2.45) is 0 Å². The van der Waals surface area contributed by atoms with Crippen LogP contribution in [0.4, 0.5) is 0 Å². The number of nitrogens with zero attached hydrogens (tertiary/aromatic N) is 1. The van der Waals surface area contributed by atoms with Gasteiger partial charge < -0.3 is 4.90 Å². The van der Waals surface area contributed by atoms with Crippen LogP contribution in [-0.4, -0.2) is 30.8 Å². The van der Waals surface area contributed by atoms with Crippen LogP contribution in [0.5, 0.6) is 0 Å². The van der Waals surface area contributed by atoms with Crippen LogP contribution in [0, 0.1) is 0 Å². The molecule has 0 saturated heterocycles. The number of aldehydes is 1. The van der Waals surface area contributed by atoms with Gasteiger partial charge in [0.15, 0.2) is 0 Å². The van der Waals surface area contributed by atoms with Crippen molar-refractivity contribution in [2.45, 2.75) is 46.0 Å². The minimum absolute atomic E-state index is 0.763. The van der Waals surface area contributed by atoms with Crippen LogP contribution in [0.15, 0.2) is 24.3 Å². The van der Waals surface area contributed by atoms with Gasteiger partial charge in [-0.15, -0.1) is 0 Å². The van der Waals surface area contributed by atoms with E-state index in [2.05, 4.69) is 30.9 Å². The number of carbonyl (C=O) groups is 1. The lowest BCUT2D eigenvalue weighted by Gasteiger charge is -2.21. The smallest absolute Gasteiger partial charge is 0.150 e. The number of hydrogen-bond acceptors (Lipinski definition) is 2. The molecule has 0 spiro atoms. The Balaban J connectivity index is 2.31. The minimum Gasteiger partial charge on any atom is -0.303 e. The highest BCUT2D eigenvalue weighted by atomic mass is 16.1. The molecule has 0 unspecified atom stereocenters. The summed E-state index contributed by atoms with van der Waals surface area (Å²) in [6, 6.07) is 7.95. The molecule has 19 heavy (non-hydrogen) atoms. The van der Waals surface area contributed by atoms with Gasteiger partial charge in [-0.05, 0) is 50.9 Å². The summed E-state index contributed by atoms with van der Waals surface area (Å²) in [6.45, 7) is 8.12. The molecule has 0 aliphatic heterocycles. The largest absolute Gasteiger partial charge is 0.303 e. The first kappa shape index (κ1) is 15.9. The summed E-state index contributed by atoms with van der Waals surface area (Å²) < 4.78 is 0. The molecule has 0 saturated carbocycles. The van der Waals surface area contributed by atoms with Gasteiger partial charge >= 0.3 is 0 Å². The SMILES string of the molecule is CCCCN(CCC)CCCc1ccc(C=O)cc1. The van der Waals surface area contributed by atoms with E-state index in [0.29, 0.717) is 0 Å². The van der Waals surface area contributed by atoms with Crippen molar-refractivity contribution in [3.05, 3.63) is 35.4 Å². The van der Waals surface area contributed by atoms with Gasteiger partial charge in [-0.25, -0.2) is 0 Å². The second-order valence-corrected chi connectivity index (χ2v) is 5.16. The van der Waals surface area contributed by atoms with E-state index >= 15 is 0 Å². The molecule has 2 nitrogen and oxygen atoms in total. The van der Waals surface area contributed by atoms with Crippen LogP contribution in [0.3, 0.4) is 0 Å². The standard InChI is InChI=1S/C17H27NO/c1-3-5-13-18(12-4-2)14-6-7-16-8-10-17(15-19)11-9-16/h8-11,15H,3-7,12-14H2,1-2H3. The van der Waals surface area contributed by atoms with Crippen molar-refractivity contribution >= 4 is 6.29 Å². The van der Waals surface area contributed by atoms with Crippen molar-refractivity contribution in [3.63, 3.8) is 0 Å². The number of carbonyl (C=O) groups excluding carboxylic acids is 1. The number of aryl methyl sites for hydroxylation is 1. The predicted octanol–water partition coefficient (Wildman–Crippen LogP) is 3.94. The third-order valence-corrected chi connectivity index (χ3v) is 3.42. The van der Waals surface area contributed by atoms with Gasteiger partial charge in [-0.2, -0.15) is 0 Å². The lowest BCUT2D eigenvalue weighted by Crippen LogP contribution is -2.27. The molecule has 0 aliphatic rings. The second kappa shape index (κ2) is 9.74. The number of rotatable bonds is 10. The fourth-order valence-electron chi connectivity index (χ4n) is 2.30. The van der Waals surface area contributed by atoms with E-state index in [-0.39, 0.29) is 0 Å². The Morgan fingerprint density at radius 3 is 2.21 bits per heavy atom. The number of unbranched alkanes of at least 4 members (excludes halogenated alkanes) is 1. The molecule has 0 atom stereocenters. The predicted molar refractivity (Wildman–Crippen MR) is 81.8 cm³/mol. The molecule has 1 aromatic rings. The van der Waals surface area contributed by atoms with Crippen LogP contribution in [0.1, 0.15) is 55.5 Å². The molecular weight excluding hydrogens is 234 g/mol. The van der Waals surface area contributed by atoms with E-state index in [1.807, 2.05) is 12.1 Å². The Morgan fingerprint density at radius 2 is 1.63 bits per heavy atom. The fourth-order valence-corrected chi connectivity index (χ4v) is 2.30. The maximum Gasteiger partial charge on any atom is 0.150 e. The van der Waals surface area contributed by atoms with Crippen LogP contribution in [0.2, 0.25) is 0 Å². The summed E-state index contributed by atoms with van der Waals surface area (Å²) in [6.07, 6.45) is 7.01. The van der Waals surface area contributed by atoms with Crippen molar-refractivity contribution in [3.8, 4) is 0 Å². The van der Waals surface area contributed by atoms with E-state index in [1.165, 1.54) is 50.9 Å². The first-order valence-corrected chi connectivity index (χ1v) is 7.56.